The van der Waals surface area contributed by atoms with E-state index in [4.69, 9.17) is 4.74 Å². The number of methoxy groups -OCH3 is 1. The Morgan fingerprint density at radius 2 is 2.19 bits per heavy atom. The zero-order valence-corrected chi connectivity index (χ0v) is 14.9. The number of nitro groups is 1. The summed E-state index contributed by atoms with van der Waals surface area (Å²) in [6, 6.07) is 6.81. The number of ether oxygens (including phenoxy) is 1. The summed E-state index contributed by atoms with van der Waals surface area (Å²) in [6.45, 7) is 1.74. The molecule has 2 rings (SSSR count). The molecular weight excluding hydrogens is 356 g/mol. The van der Waals surface area contributed by atoms with E-state index < -0.39 is 22.3 Å². The maximum absolute atomic E-state index is 12.4. The van der Waals surface area contributed by atoms with Crippen molar-refractivity contribution < 1.29 is 24.4 Å². The Morgan fingerprint density at radius 1 is 1.44 bits per heavy atom. The Balaban J connectivity index is 2.10. The summed E-state index contributed by atoms with van der Waals surface area (Å²) in [6.07, 6.45) is 1.99. The molecule has 1 aromatic heterocycles. The Bertz CT molecular complexity index is 849. The number of carboxylic acid groups (broad SMARTS) is 1. The third-order valence-corrected chi connectivity index (χ3v) is 4.03. The molecule has 144 valence electrons. The first-order chi connectivity index (χ1) is 12.7. The number of amides is 1. The maximum Gasteiger partial charge on any atom is 0.306 e. The van der Waals surface area contributed by atoms with Crippen LogP contribution in [0, 0.1) is 10.1 Å². The van der Waals surface area contributed by atoms with E-state index in [0.717, 1.165) is 6.20 Å². The lowest BCUT2D eigenvalue weighted by Crippen LogP contribution is -2.45. The number of aromatic nitrogens is 2. The molecule has 0 radical (unpaired) electrons. The van der Waals surface area contributed by atoms with Gasteiger partial charge < -0.3 is 15.2 Å². The standard InChI is InChI=1S/C17H20N4O6/c1-17(9-16(23)24,12-4-3-5-14(8-12)27-2)19-15(22)6-7-20-11-13(10-18-20)21(25)26/h3-5,8,10-11H,6-7,9H2,1-2H3,(H,19,22)(H,23,24). The molecule has 1 atom stereocenters. The number of nitrogens with zero attached hydrogens (tertiary/aromatic N) is 3. The second kappa shape index (κ2) is 8.30. The molecule has 0 spiro atoms. The first-order valence-electron chi connectivity index (χ1n) is 8.07. The highest BCUT2D eigenvalue weighted by atomic mass is 16.6. The summed E-state index contributed by atoms with van der Waals surface area (Å²) in [5.74, 6) is -0.926. The predicted molar refractivity (Wildman–Crippen MR) is 94.2 cm³/mol. The highest BCUT2D eigenvalue weighted by Crippen LogP contribution is 2.28. The first-order valence-corrected chi connectivity index (χ1v) is 8.07. The molecule has 0 aliphatic carbocycles. The highest BCUT2D eigenvalue weighted by Gasteiger charge is 2.31. The SMILES string of the molecule is COc1cccc(C(C)(CC(=O)O)NC(=O)CCn2cc([N+](=O)[O-])cn2)c1. The molecule has 0 fully saturated rings. The Labute approximate surface area is 154 Å². The van der Waals surface area contributed by atoms with Crippen LogP contribution in [0.15, 0.2) is 36.7 Å². The minimum Gasteiger partial charge on any atom is -0.497 e. The molecule has 0 aliphatic rings. The van der Waals surface area contributed by atoms with Crippen molar-refractivity contribution in [3.8, 4) is 5.75 Å². The summed E-state index contributed by atoms with van der Waals surface area (Å²) in [7, 11) is 1.50. The Morgan fingerprint density at radius 3 is 2.78 bits per heavy atom. The van der Waals surface area contributed by atoms with Gasteiger partial charge in [0.1, 0.15) is 18.1 Å². The van der Waals surface area contributed by atoms with Crippen LogP contribution in [0.25, 0.3) is 0 Å². The summed E-state index contributed by atoms with van der Waals surface area (Å²) in [4.78, 5) is 33.8. The fourth-order valence-corrected chi connectivity index (χ4v) is 2.64. The number of rotatable bonds is 9. The van der Waals surface area contributed by atoms with Crippen molar-refractivity contribution in [2.45, 2.75) is 31.8 Å². The lowest BCUT2D eigenvalue weighted by atomic mass is 9.88. The van der Waals surface area contributed by atoms with E-state index in [1.54, 1.807) is 31.2 Å². The number of aryl methyl sites for hydroxylation is 1. The van der Waals surface area contributed by atoms with Crippen molar-refractivity contribution in [2.75, 3.05) is 7.11 Å². The van der Waals surface area contributed by atoms with Crippen LogP contribution in [0.3, 0.4) is 0 Å². The highest BCUT2D eigenvalue weighted by molar-refractivity contribution is 5.78. The maximum atomic E-state index is 12.4. The van der Waals surface area contributed by atoms with Crippen molar-refractivity contribution in [1.29, 1.82) is 0 Å². The number of carbonyl (C=O) groups is 2. The second-order valence-corrected chi connectivity index (χ2v) is 6.15. The average Bonchev–Trinajstić information content (AvgIpc) is 3.08. The molecular formula is C17H20N4O6. The van der Waals surface area contributed by atoms with Crippen LogP contribution in [-0.4, -0.2) is 38.8 Å². The van der Waals surface area contributed by atoms with Gasteiger partial charge in [-0.05, 0) is 24.6 Å². The number of nitrogens with one attached hydrogen (secondary N) is 1. The molecule has 0 saturated carbocycles. The van der Waals surface area contributed by atoms with Crippen LogP contribution < -0.4 is 10.1 Å². The molecule has 1 aromatic carbocycles. The summed E-state index contributed by atoms with van der Waals surface area (Å²) in [5.41, 5.74) is -0.719. The third-order valence-electron chi connectivity index (χ3n) is 4.03. The average molecular weight is 376 g/mol. The van der Waals surface area contributed by atoms with Gasteiger partial charge in [-0.1, -0.05) is 12.1 Å². The summed E-state index contributed by atoms with van der Waals surface area (Å²) < 4.78 is 6.45. The molecule has 10 nitrogen and oxygen atoms in total. The molecule has 1 heterocycles. The van der Waals surface area contributed by atoms with Crippen LogP contribution in [0.1, 0.15) is 25.3 Å². The predicted octanol–water partition coefficient (Wildman–Crippen LogP) is 1.70. The zero-order valence-electron chi connectivity index (χ0n) is 14.9. The van der Waals surface area contributed by atoms with Gasteiger partial charge in [0.25, 0.3) is 0 Å². The van der Waals surface area contributed by atoms with E-state index in [1.807, 2.05) is 0 Å². The van der Waals surface area contributed by atoms with E-state index in [9.17, 15) is 24.8 Å². The molecule has 0 saturated heterocycles. The van der Waals surface area contributed by atoms with E-state index in [1.165, 1.54) is 18.0 Å². The monoisotopic (exact) mass is 376 g/mol. The number of aliphatic carboxylic acids is 1. The van der Waals surface area contributed by atoms with Crippen LogP contribution in [0.5, 0.6) is 5.75 Å². The van der Waals surface area contributed by atoms with Gasteiger partial charge >= 0.3 is 11.7 Å². The van der Waals surface area contributed by atoms with Crippen LogP contribution >= 0.6 is 0 Å². The molecule has 1 amide bonds. The number of hydrogen-bond acceptors (Lipinski definition) is 6. The van der Waals surface area contributed by atoms with Crippen molar-refractivity contribution >= 4 is 17.6 Å². The molecule has 2 aromatic rings. The van der Waals surface area contributed by atoms with Gasteiger partial charge in [0.15, 0.2) is 0 Å². The molecule has 10 heteroatoms. The Kier molecular flexibility index (Phi) is 6.11. The van der Waals surface area contributed by atoms with Gasteiger partial charge in [0.05, 0.1) is 24.0 Å². The van der Waals surface area contributed by atoms with Gasteiger partial charge in [0.2, 0.25) is 5.91 Å². The van der Waals surface area contributed by atoms with E-state index in [2.05, 4.69) is 10.4 Å². The van der Waals surface area contributed by atoms with Gasteiger partial charge in [0, 0.05) is 13.0 Å². The van der Waals surface area contributed by atoms with Crippen molar-refractivity contribution in [1.82, 2.24) is 15.1 Å². The first kappa shape index (κ1) is 19.9. The van der Waals surface area contributed by atoms with Crippen molar-refractivity contribution in [2.24, 2.45) is 0 Å². The Hall–Kier alpha value is -3.43. The molecule has 0 aliphatic heterocycles. The normalized spacial score (nSPS) is 12.8. The lowest BCUT2D eigenvalue weighted by molar-refractivity contribution is -0.385. The summed E-state index contributed by atoms with van der Waals surface area (Å²) in [5, 5.41) is 26.5. The molecule has 2 N–H and O–H groups in total. The van der Waals surface area contributed by atoms with Crippen LogP contribution in [0.2, 0.25) is 0 Å². The largest absolute Gasteiger partial charge is 0.497 e. The fraction of sp³-hybridized carbons (Fsp3) is 0.353. The van der Waals surface area contributed by atoms with E-state index in [-0.39, 0.29) is 25.1 Å². The molecule has 27 heavy (non-hydrogen) atoms. The van der Waals surface area contributed by atoms with Crippen LogP contribution in [-0.2, 0) is 21.7 Å². The second-order valence-electron chi connectivity index (χ2n) is 6.15. The van der Waals surface area contributed by atoms with Crippen LogP contribution in [0.4, 0.5) is 5.69 Å². The number of benzene rings is 1. The molecule has 0 bridgehead atoms. The quantitative estimate of drug-likeness (QED) is 0.502. The summed E-state index contributed by atoms with van der Waals surface area (Å²) >= 11 is 0. The minimum atomic E-state index is -1.15. The minimum absolute atomic E-state index is 0.0159. The van der Waals surface area contributed by atoms with Gasteiger partial charge in [-0.25, -0.2) is 0 Å². The van der Waals surface area contributed by atoms with Gasteiger partial charge in [-0.3, -0.25) is 24.4 Å². The van der Waals surface area contributed by atoms with Gasteiger partial charge in [-0.15, -0.1) is 0 Å². The molecule has 1 unspecified atom stereocenters. The number of hydrogen-bond donors (Lipinski definition) is 2. The lowest BCUT2D eigenvalue weighted by Gasteiger charge is -2.30. The van der Waals surface area contributed by atoms with E-state index >= 15 is 0 Å². The third kappa shape index (κ3) is 5.27. The van der Waals surface area contributed by atoms with E-state index in [0.29, 0.717) is 11.3 Å². The topological polar surface area (TPSA) is 137 Å². The number of carboxylic acids is 1. The smallest absolute Gasteiger partial charge is 0.306 e. The zero-order chi connectivity index (χ0) is 20.0. The number of carbonyl (C=O) groups excluding carboxylic acids is 1. The fourth-order valence-electron chi connectivity index (χ4n) is 2.64. The van der Waals surface area contributed by atoms with Crippen molar-refractivity contribution in [3.63, 3.8) is 0 Å². The van der Waals surface area contributed by atoms with Gasteiger partial charge in [-0.2, -0.15) is 5.10 Å². The van der Waals surface area contributed by atoms with Crippen molar-refractivity contribution in [3.05, 3.63) is 52.3 Å².